The van der Waals surface area contributed by atoms with E-state index >= 15 is 0 Å². The summed E-state index contributed by atoms with van der Waals surface area (Å²) in [5.74, 6) is 1.68. The number of methoxy groups -OCH3 is 2. The van der Waals surface area contributed by atoms with Crippen molar-refractivity contribution in [1.29, 1.82) is 0 Å². The molecule has 0 bridgehead atoms. The van der Waals surface area contributed by atoms with Crippen LogP contribution in [-0.4, -0.2) is 37.1 Å². The fourth-order valence-corrected chi connectivity index (χ4v) is 2.94. The molecule has 0 spiro atoms. The monoisotopic (exact) mass is 292 g/mol. The first-order valence-electron chi connectivity index (χ1n) is 7.24. The zero-order valence-electron chi connectivity index (χ0n) is 12.9. The van der Waals surface area contributed by atoms with Crippen LogP contribution in [0.15, 0.2) is 30.4 Å². The van der Waals surface area contributed by atoms with Gasteiger partial charge in [0.15, 0.2) is 0 Å². The van der Waals surface area contributed by atoms with E-state index in [9.17, 15) is 10.2 Å². The van der Waals surface area contributed by atoms with Crippen LogP contribution in [0.1, 0.15) is 18.9 Å². The van der Waals surface area contributed by atoms with Crippen LogP contribution in [0.4, 0.5) is 0 Å². The van der Waals surface area contributed by atoms with Gasteiger partial charge in [-0.15, -0.1) is 0 Å². The van der Waals surface area contributed by atoms with Crippen LogP contribution in [0.2, 0.25) is 0 Å². The molecule has 116 valence electrons. The maximum Gasteiger partial charge on any atom is 0.125 e. The summed E-state index contributed by atoms with van der Waals surface area (Å²) in [6.45, 7) is 1.96. The van der Waals surface area contributed by atoms with Gasteiger partial charge in [-0.3, -0.25) is 0 Å². The number of aliphatic hydroxyl groups excluding tert-OH is 2. The van der Waals surface area contributed by atoms with E-state index in [1.165, 1.54) is 0 Å². The first-order valence-corrected chi connectivity index (χ1v) is 7.24. The van der Waals surface area contributed by atoms with Crippen molar-refractivity contribution in [3.05, 3.63) is 35.9 Å². The molecule has 4 nitrogen and oxygen atoms in total. The molecule has 0 saturated heterocycles. The second kappa shape index (κ2) is 6.50. The summed E-state index contributed by atoms with van der Waals surface area (Å²) < 4.78 is 10.5. The fraction of sp³-hybridized carbons (Fsp3) is 0.529. The van der Waals surface area contributed by atoms with Gasteiger partial charge in [-0.1, -0.05) is 18.2 Å². The first-order chi connectivity index (χ1) is 10.1. The minimum atomic E-state index is -0.592. The van der Waals surface area contributed by atoms with E-state index in [0.29, 0.717) is 12.2 Å². The molecule has 1 aromatic carbocycles. The van der Waals surface area contributed by atoms with Gasteiger partial charge >= 0.3 is 0 Å². The van der Waals surface area contributed by atoms with E-state index in [0.717, 1.165) is 17.7 Å². The molecule has 2 rings (SSSR count). The lowest BCUT2D eigenvalue weighted by atomic mass is 9.91. The van der Waals surface area contributed by atoms with Gasteiger partial charge in [0.25, 0.3) is 0 Å². The average Bonchev–Trinajstić information content (AvgIpc) is 3.22. The van der Waals surface area contributed by atoms with Crippen LogP contribution in [0.3, 0.4) is 0 Å². The lowest BCUT2D eigenvalue weighted by molar-refractivity contribution is 0.0444. The van der Waals surface area contributed by atoms with Gasteiger partial charge in [-0.05, 0) is 30.9 Å². The predicted octanol–water partition coefficient (Wildman–Crippen LogP) is 2.18. The van der Waals surface area contributed by atoms with Crippen molar-refractivity contribution in [3.63, 3.8) is 0 Å². The zero-order valence-corrected chi connectivity index (χ0v) is 12.9. The van der Waals surface area contributed by atoms with Gasteiger partial charge in [0, 0.05) is 17.9 Å². The molecule has 4 heteroatoms. The Morgan fingerprint density at radius 1 is 1.38 bits per heavy atom. The molecule has 1 aromatic rings. The topological polar surface area (TPSA) is 58.9 Å². The molecule has 1 aliphatic carbocycles. The third kappa shape index (κ3) is 3.06. The molecule has 0 radical (unpaired) electrons. The SMILES string of the molecule is C/C=C/[C@H]1C[C@@]1(CO)C(O)Cc1ccc(OC)cc1OC. The van der Waals surface area contributed by atoms with E-state index in [-0.39, 0.29) is 12.5 Å². The third-order valence-electron chi connectivity index (χ3n) is 4.47. The van der Waals surface area contributed by atoms with Crippen molar-refractivity contribution in [2.24, 2.45) is 11.3 Å². The van der Waals surface area contributed by atoms with E-state index < -0.39 is 11.5 Å². The summed E-state index contributed by atoms with van der Waals surface area (Å²) >= 11 is 0. The van der Waals surface area contributed by atoms with E-state index in [4.69, 9.17) is 9.47 Å². The minimum Gasteiger partial charge on any atom is -0.497 e. The number of benzene rings is 1. The molecule has 1 unspecified atom stereocenters. The van der Waals surface area contributed by atoms with Crippen molar-refractivity contribution >= 4 is 0 Å². The van der Waals surface area contributed by atoms with E-state index in [2.05, 4.69) is 6.08 Å². The first kappa shape index (κ1) is 15.9. The molecule has 1 aliphatic rings. The third-order valence-corrected chi connectivity index (χ3v) is 4.47. The molecule has 0 heterocycles. The van der Waals surface area contributed by atoms with Crippen molar-refractivity contribution in [3.8, 4) is 11.5 Å². The second-order valence-corrected chi connectivity index (χ2v) is 5.63. The highest BCUT2D eigenvalue weighted by atomic mass is 16.5. The Morgan fingerprint density at radius 3 is 2.71 bits per heavy atom. The normalized spacial score (nSPS) is 25.9. The molecule has 0 aromatic heterocycles. The summed E-state index contributed by atoms with van der Waals surface area (Å²) in [6, 6.07) is 5.57. The maximum atomic E-state index is 10.6. The van der Waals surface area contributed by atoms with Crippen LogP contribution in [-0.2, 0) is 6.42 Å². The van der Waals surface area contributed by atoms with Crippen LogP contribution < -0.4 is 9.47 Å². The Kier molecular flexibility index (Phi) is 4.91. The molecule has 0 amide bonds. The molecule has 21 heavy (non-hydrogen) atoms. The summed E-state index contributed by atoms with van der Waals surface area (Å²) in [4.78, 5) is 0. The van der Waals surface area contributed by atoms with Gasteiger partial charge in [0.1, 0.15) is 11.5 Å². The summed E-state index contributed by atoms with van der Waals surface area (Å²) in [5, 5.41) is 20.2. The highest BCUT2D eigenvalue weighted by Crippen LogP contribution is 2.56. The number of ether oxygens (including phenoxy) is 2. The fourth-order valence-electron chi connectivity index (χ4n) is 2.94. The van der Waals surface area contributed by atoms with Crippen molar-refractivity contribution in [2.75, 3.05) is 20.8 Å². The van der Waals surface area contributed by atoms with Crippen molar-refractivity contribution in [1.82, 2.24) is 0 Å². The number of hydrogen-bond donors (Lipinski definition) is 2. The van der Waals surface area contributed by atoms with Gasteiger partial charge < -0.3 is 19.7 Å². The number of hydrogen-bond acceptors (Lipinski definition) is 4. The highest BCUT2D eigenvalue weighted by Gasteiger charge is 2.56. The largest absolute Gasteiger partial charge is 0.497 e. The van der Waals surface area contributed by atoms with Crippen LogP contribution >= 0.6 is 0 Å². The summed E-state index contributed by atoms with van der Waals surface area (Å²) in [7, 11) is 3.21. The van der Waals surface area contributed by atoms with Gasteiger partial charge in [0.2, 0.25) is 0 Å². The van der Waals surface area contributed by atoms with Crippen molar-refractivity contribution < 1.29 is 19.7 Å². The standard InChI is InChI=1S/C17H24O4/c1-4-5-13-10-17(13,11-18)16(19)8-12-6-7-14(20-2)9-15(12)21-3/h4-7,9,13,16,18-19H,8,10-11H2,1-3H3/b5-4+/t13-,16?,17-/m0/s1. The highest BCUT2D eigenvalue weighted by molar-refractivity contribution is 5.41. The van der Waals surface area contributed by atoms with Crippen LogP contribution in [0.25, 0.3) is 0 Å². The number of aliphatic hydroxyl groups is 2. The molecule has 1 saturated carbocycles. The predicted molar refractivity (Wildman–Crippen MR) is 81.7 cm³/mol. The van der Waals surface area contributed by atoms with Crippen molar-refractivity contribution in [2.45, 2.75) is 25.9 Å². The maximum absolute atomic E-state index is 10.6. The Bertz CT molecular complexity index is 512. The van der Waals surface area contributed by atoms with Crippen LogP contribution in [0.5, 0.6) is 11.5 Å². The quantitative estimate of drug-likeness (QED) is 0.756. The van der Waals surface area contributed by atoms with E-state index in [1.807, 2.05) is 31.2 Å². The second-order valence-electron chi connectivity index (χ2n) is 5.63. The number of rotatable bonds is 7. The molecule has 3 atom stereocenters. The zero-order chi connectivity index (χ0) is 15.5. The average molecular weight is 292 g/mol. The lowest BCUT2D eigenvalue weighted by Gasteiger charge is -2.22. The van der Waals surface area contributed by atoms with Gasteiger partial charge in [-0.2, -0.15) is 0 Å². The molecule has 2 N–H and O–H groups in total. The van der Waals surface area contributed by atoms with Crippen LogP contribution in [0, 0.1) is 11.3 Å². The Balaban J connectivity index is 2.14. The minimum absolute atomic E-state index is 0.00163. The Morgan fingerprint density at radius 2 is 2.14 bits per heavy atom. The Hall–Kier alpha value is -1.52. The molecular weight excluding hydrogens is 268 g/mol. The number of allylic oxidation sites excluding steroid dienone is 2. The van der Waals surface area contributed by atoms with E-state index in [1.54, 1.807) is 14.2 Å². The smallest absolute Gasteiger partial charge is 0.125 e. The molecule has 0 aliphatic heterocycles. The Labute approximate surface area is 126 Å². The lowest BCUT2D eigenvalue weighted by Crippen LogP contribution is -2.29. The van der Waals surface area contributed by atoms with Gasteiger partial charge in [0.05, 0.1) is 26.9 Å². The molecular formula is C17H24O4. The summed E-state index contributed by atoms with van der Waals surface area (Å²) in [5.41, 5.74) is 0.516. The molecule has 1 fully saturated rings. The van der Waals surface area contributed by atoms with Gasteiger partial charge in [-0.25, -0.2) is 0 Å². The summed E-state index contributed by atoms with van der Waals surface area (Å²) in [6.07, 6.45) is 4.73.